The second-order valence-electron chi connectivity index (χ2n) is 11.7. The van der Waals surface area contributed by atoms with Crippen LogP contribution in [0.5, 0.6) is 0 Å². The van der Waals surface area contributed by atoms with Gasteiger partial charge in [-0.05, 0) is 81.4 Å². The van der Waals surface area contributed by atoms with Crippen LogP contribution in [0.25, 0.3) is 11.6 Å². The SMILES string of the molecule is CC[C@H]1C2=CC3=C(C)C4=C([O-])CC(=c5[n-]c(c(C)c5CCC(=O)OC)=CC5=NC(=CC(=N2)[C@@H]1C)C([C@@H](C)O)=C5C)C4=N3.[Zn+2]. The molecule has 8 bridgehead atoms. The molecule has 0 amide bonds. The average Bonchev–Trinajstić information content (AvgIpc) is 3.70. The first-order chi connectivity index (χ1) is 20.0. The van der Waals surface area contributed by atoms with Crippen LogP contribution in [0.3, 0.4) is 0 Å². The number of nitrogens with zero attached hydrogens (tertiary/aromatic N) is 4. The summed E-state index contributed by atoms with van der Waals surface area (Å²) < 4.78 is 4.93. The van der Waals surface area contributed by atoms with Crippen LogP contribution in [-0.2, 0) is 35.4 Å². The van der Waals surface area contributed by atoms with Crippen molar-refractivity contribution in [3.63, 3.8) is 0 Å². The molecule has 1 aromatic heterocycles. The molecule has 1 aliphatic carbocycles. The molecule has 0 fully saturated rings. The topological polar surface area (TPSA) is 121 Å². The van der Waals surface area contributed by atoms with Crippen molar-refractivity contribution in [2.45, 2.75) is 73.3 Å². The molecule has 1 N–H and O–H groups in total. The molecule has 43 heavy (non-hydrogen) atoms. The van der Waals surface area contributed by atoms with Gasteiger partial charge in [-0.1, -0.05) is 31.1 Å². The summed E-state index contributed by atoms with van der Waals surface area (Å²) >= 11 is 0. The number of rotatable bonds is 5. The Kier molecular flexibility index (Phi) is 8.36. The molecule has 0 unspecified atom stereocenters. The van der Waals surface area contributed by atoms with E-state index < -0.39 is 6.10 Å². The van der Waals surface area contributed by atoms with E-state index in [0.29, 0.717) is 28.8 Å². The van der Waals surface area contributed by atoms with Gasteiger partial charge in [-0.25, -0.2) is 9.98 Å². The Morgan fingerprint density at radius 2 is 1.91 bits per heavy atom. The maximum atomic E-state index is 13.4. The quantitative estimate of drug-likeness (QED) is 0.397. The third-order valence-electron chi connectivity index (χ3n) is 9.29. The van der Waals surface area contributed by atoms with E-state index in [2.05, 4.69) is 13.8 Å². The standard InChI is InChI=1S/C34H37N4O4.Zn/c1-8-20-15(2)23-14-28-31(19(6)39)17(4)25(36-28)12-24-16(3)21(9-10-30(41)42-7)33(37-24)22-11-29(40)32-18(5)26(38-34(22)32)13-27(20)35-23;/h12-15,19-20,39H,8-11H2,1-7H3,(H-,35,36,37,38,40);/q-1;+2/p-1/t15-,19-,20-;/m1./s1. The van der Waals surface area contributed by atoms with Crippen molar-refractivity contribution < 1.29 is 39.2 Å². The van der Waals surface area contributed by atoms with Gasteiger partial charge in [0.2, 0.25) is 0 Å². The van der Waals surface area contributed by atoms with Gasteiger partial charge < -0.3 is 19.9 Å². The van der Waals surface area contributed by atoms with Gasteiger partial charge in [-0.3, -0.25) is 9.79 Å². The van der Waals surface area contributed by atoms with Gasteiger partial charge >= 0.3 is 25.4 Å². The number of ether oxygens (including phenoxy) is 1. The van der Waals surface area contributed by atoms with Crippen LogP contribution in [0, 0.1) is 18.8 Å². The molecule has 0 radical (unpaired) electrons. The zero-order valence-electron chi connectivity index (χ0n) is 26.0. The van der Waals surface area contributed by atoms with Gasteiger partial charge in [0.05, 0.1) is 36.0 Å². The van der Waals surface area contributed by atoms with Crippen molar-refractivity contribution in [1.29, 1.82) is 0 Å². The van der Waals surface area contributed by atoms with Gasteiger partial charge in [0.15, 0.2) is 0 Å². The third kappa shape index (κ3) is 5.00. The van der Waals surface area contributed by atoms with Crippen LogP contribution in [0.15, 0.2) is 72.3 Å². The number of hydrogen-bond acceptors (Lipinski definition) is 7. The predicted octanol–water partition coefficient (Wildman–Crippen LogP) is 2.78. The summed E-state index contributed by atoms with van der Waals surface area (Å²) in [5.74, 6) is 0.0827. The van der Waals surface area contributed by atoms with Gasteiger partial charge in [-0.15, -0.1) is 16.5 Å². The second-order valence-corrected chi connectivity index (χ2v) is 11.7. The Morgan fingerprint density at radius 3 is 2.58 bits per heavy atom. The molecular weight excluding hydrogens is 594 g/mol. The summed E-state index contributed by atoms with van der Waals surface area (Å²) in [6.45, 7) is 12.0. The summed E-state index contributed by atoms with van der Waals surface area (Å²) in [4.78, 5) is 32.3. The van der Waals surface area contributed by atoms with Crippen molar-refractivity contribution >= 4 is 34.8 Å². The molecule has 4 aliphatic heterocycles. The Bertz CT molecular complexity index is 1820. The van der Waals surface area contributed by atoms with Crippen molar-refractivity contribution in [1.82, 2.24) is 4.98 Å². The van der Waals surface area contributed by atoms with Gasteiger partial charge in [0.25, 0.3) is 0 Å². The van der Waals surface area contributed by atoms with Crippen LogP contribution >= 0.6 is 0 Å². The van der Waals surface area contributed by atoms with Gasteiger partial charge in [0.1, 0.15) is 0 Å². The third-order valence-corrected chi connectivity index (χ3v) is 9.29. The van der Waals surface area contributed by atoms with E-state index in [0.717, 1.165) is 68.0 Å². The molecule has 3 atom stereocenters. The van der Waals surface area contributed by atoms with Gasteiger partial charge in [-0.2, -0.15) is 0 Å². The number of carbonyl (C=O) groups is 1. The Morgan fingerprint density at radius 1 is 1.16 bits per heavy atom. The summed E-state index contributed by atoms with van der Waals surface area (Å²) in [5.41, 5.74) is 10.5. The minimum absolute atomic E-state index is 0. The fraction of sp³-hybridized carbons (Fsp3) is 0.412. The summed E-state index contributed by atoms with van der Waals surface area (Å²) in [6, 6.07) is 0. The number of aliphatic hydroxyl groups is 1. The Hall–Kier alpha value is -3.42. The van der Waals surface area contributed by atoms with Crippen molar-refractivity contribution in [3.8, 4) is 0 Å². The number of carbonyl (C=O) groups excluding carboxylic acids is 1. The first-order valence-corrected chi connectivity index (χ1v) is 14.7. The zero-order chi connectivity index (χ0) is 30.0. The smallest absolute Gasteiger partial charge is 0.875 e. The van der Waals surface area contributed by atoms with Crippen molar-refractivity contribution in [3.05, 3.63) is 79.1 Å². The van der Waals surface area contributed by atoms with Crippen molar-refractivity contribution in [2.24, 2.45) is 26.8 Å². The average molecular weight is 630 g/mol. The Balaban J connectivity index is 0.00000368. The van der Waals surface area contributed by atoms with E-state index in [1.54, 1.807) is 6.92 Å². The summed E-state index contributed by atoms with van der Waals surface area (Å²) in [5, 5.41) is 25.6. The first-order valence-electron chi connectivity index (χ1n) is 14.7. The zero-order valence-corrected chi connectivity index (χ0v) is 28.9. The number of methoxy groups -OCH3 is 1. The molecule has 0 saturated carbocycles. The molecule has 0 saturated heterocycles. The number of aromatic nitrogens is 1. The number of hydrogen-bond donors (Lipinski definition) is 1. The molecule has 5 heterocycles. The van der Waals surface area contributed by atoms with E-state index in [9.17, 15) is 15.0 Å². The molecule has 0 aromatic carbocycles. The minimum atomic E-state index is -0.713. The Labute approximate surface area is 264 Å². The molecule has 6 rings (SSSR count). The number of aliphatic imine (C=N–C) groups is 3. The molecule has 5 aliphatic rings. The largest absolute Gasteiger partial charge is 2.00 e. The van der Waals surface area contributed by atoms with Crippen molar-refractivity contribution in [2.75, 3.05) is 7.11 Å². The predicted molar refractivity (Wildman–Crippen MR) is 162 cm³/mol. The maximum absolute atomic E-state index is 13.4. The van der Waals surface area contributed by atoms with Crippen LogP contribution in [0.1, 0.15) is 65.0 Å². The van der Waals surface area contributed by atoms with Crippen LogP contribution in [-0.4, -0.2) is 41.4 Å². The van der Waals surface area contributed by atoms with E-state index in [1.165, 1.54) is 7.11 Å². The number of esters is 1. The molecule has 218 valence electrons. The van der Waals surface area contributed by atoms with E-state index in [1.807, 2.05) is 39.0 Å². The maximum Gasteiger partial charge on any atom is 2.00 e. The fourth-order valence-electron chi connectivity index (χ4n) is 6.88. The molecule has 0 spiro atoms. The van der Waals surface area contributed by atoms with Crippen LogP contribution < -0.4 is 20.8 Å². The molecular formula is C34H36N4O4Zn. The van der Waals surface area contributed by atoms with E-state index in [4.69, 9.17) is 24.7 Å². The number of allylic oxidation sites excluding steroid dienone is 7. The minimum Gasteiger partial charge on any atom is -0.875 e. The second kappa shape index (κ2) is 11.6. The first kappa shape index (κ1) is 31.0. The van der Waals surface area contributed by atoms with Crippen LogP contribution in [0.4, 0.5) is 0 Å². The molecule has 1 aromatic rings. The van der Waals surface area contributed by atoms with Gasteiger partial charge in [0, 0.05) is 35.2 Å². The van der Waals surface area contributed by atoms with E-state index in [-0.39, 0.29) is 55.9 Å². The monoisotopic (exact) mass is 628 g/mol. The van der Waals surface area contributed by atoms with E-state index >= 15 is 0 Å². The molecule has 8 nitrogen and oxygen atoms in total. The summed E-state index contributed by atoms with van der Waals surface area (Å²) in [7, 11) is 1.38. The van der Waals surface area contributed by atoms with Crippen LogP contribution in [0.2, 0.25) is 0 Å². The summed E-state index contributed by atoms with van der Waals surface area (Å²) in [6.07, 6.45) is 7.01. The number of fused-ring (bicyclic) bond motifs is 5. The normalized spacial score (nSPS) is 23.1. The fourth-order valence-corrected chi connectivity index (χ4v) is 6.88. The molecule has 9 heteroatoms. The number of aliphatic hydroxyl groups excluding tert-OH is 1.